The summed E-state index contributed by atoms with van der Waals surface area (Å²) < 4.78 is 9.58. The Morgan fingerprint density at radius 1 is 1.69 bits per heavy atom. The molecular formula is C11H14N2O3. The smallest absolute Gasteiger partial charge is 0.410 e. The second-order valence-electron chi connectivity index (χ2n) is 2.90. The second-order valence-corrected chi connectivity index (χ2v) is 2.90. The first kappa shape index (κ1) is 12.0. The van der Waals surface area contributed by atoms with Crippen molar-refractivity contribution >= 4 is 11.9 Å². The van der Waals surface area contributed by atoms with Crippen LogP contribution in [0.1, 0.15) is 20.3 Å². The normalized spacial score (nSPS) is 11.8. The highest BCUT2D eigenvalue weighted by Gasteiger charge is 2.06. The minimum atomic E-state index is -0.595. The first-order valence-corrected chi connectivity index (χ1v) is 4.98. The average molecular weight is 222 g/mol. The Labute approximate surface area is 93.8 Å². The van der Waals surface area contributed by atoms with Crippen LogP contribution in [0.15, 0.2) is 40.8 Å². The minimum Gasteiger partial charge on any atom is -0.410 e. The average Bonchev–Trinajstić information content (AvgIpc) is 2.76. The molecule has 86 valence electrons. The number of rotatable bonds is 4. The van der Waals surface area contributed by atoms with Crippen LogP contribution in [0.25, 0.3) is 0 Å². The van der Waals surface area contributed by atoms with Crippen LogP contribution >= 0.6 is 0 Å². The third-order valence-electron chi connectivity index (χ3n) is 1.68. The Morgan fingerprint density at radius 3 is 3.06 bits per heavy atom. The van der Waals surface area contributed by atoms with Crippen LogP contribution in [-0.4, -0.2) is 11.2 Å². The molecule has 0 spiro atoms. The number of carbonyl (C=O) groups is 1. The van der Waals surface area contributed by atoms with Gasteiger partial charge < -0.3 is 9.26 Å². The molecular weight excluding hydrogens is 208 g/mol. The fraction of sp³-hybridized carbons (Fsp3) is 0.273. The minimum absolute atomic E-state index is 0.319. The number of hydrogen-bond donors (Lipinski definition) is 1. The summed E-state index contributed by atoms with van der Waals surface area (Å²) >= 11 is 0. The largest absolute Gasteiger partial charge is 0.418 e. The molecule has 5 heteroatoms. The van der Waals surface area contributed by atoms with E-state index in [-0.39, 0.29) is 0 Å². The lowest BCUT2D eigenvalue weighted by Gasteiger charge is -2.03. The molecule has 0 aromatic carbocycles. The molecule has 1 aromatic heterocycles. The van der Waals surface area contributed by atoms with Gasteiger partial charge in [-0.2, -0.15) is 0 Å². The number of carbonyl (C=O) groups excluding carboxylic acids is 1. The predicted molar refractivity (Wildman–Crippen MR) is 59.8 cm³/mol. The quantitative estimate of drug-likeness (QED) is 0.628. The molecule has 0 atom stereocenters. The van der Waals surface area contributed by atoms with Crippen molar-refractivity contribution in [1.29, 1.82) is 0 Å². The summed E-state index contributed by atoms with van der Waals surface area (Å²) in [5, 5.41) is 5.95. The molecule has 1 aromatic rings. The van der Waals surface area contributed by atoms with Crippen LogP contribution in [0.3, 0.4) is 0 Å². The molecule has 1 amide bonds. The molecule has 0 bridgehead atoms. The van der Waals surface area contributed by atoms with E-state index in [0.717, 1.165) is 6.42 Å². The van der Waals surface area contributed by atoms with Gasteiger partial charge in [-0.3, -0.25) is 5.32 Å². The number of nitrogens with one attached hydrogen (secondary N) is 1. The van der Waals surface area contributed by atoms with Crippen LogP contribution in [0.2, 0.25) is 0 Å². The predicted octanol–water partition coefficient (Wildman–Crippen LogP) is 3.09. The molecule has 0 radical (unpaired) electrons. The number of ether oxygens (including phenoxy) is 1. The Morgan fingerprint density at radius 2 is 2.50 bits per heavy atom. The highest BCUT2D eigenvalue weighted by atomic mass is 16.6. The van der Waals surface area contributed by atoms with E-state index in [1.807, 2.05) is 13.0 Å². The number of hydrogen-bond acceptors (Lipinski definition) is 4. The topological polar surface area (TPSA) is 64.4 Å². The second kappa shape index (κ2) is 6.44. The van der Waals surface area contributed by atoms with Crippen molar-refractivity contribution in [2.75, 3.05) is 5.32 Å². The SMILES string of the molecule is C/C=C(\C=C/CC)OC(=O)Nc1ccon1. The van der Waals surface area contributed by atoms with E-state index in [0.29, 0.717) is 11.6 Å². The summed E-state index contributed by atoms with van der Waals surface area (Å²) in [5.41, 5.74) is 0. The molecule has 0 saturated heterocycles. The van der Waals surface area contributed by atoms with Gasteiger partial charge in [-0.15, -0.1) is 0 Å². The maximum atomic E-state index is 11.4. The lowest BCUT2D eigenvalue weighted by Crippen LogP contribution is -2.12. The van der Waals surface area contributed by atoms with Crippen molar-refractivity contribution in [2.45, 2.75) is 20.3 Å². The van der Waals surface area contributed by atoms with Crippen molar-refractivity contribution < 1.29 is 14.1 Å². The molecule has 0 aliphatic rings. The molecule has 5 nitrogen and oxygen atoms in total. The Balaban J connectivity index is 2.47. The van der Waals surface area contributed by atoms with Crippen LogP contribution < -0.4 is 5.32 Å². The Kier molecular flexibility index (Phi) is 4.85. The van der Waals surface area contributed by atoms with Crippen molar-refractivity contribution in [3.63, 3.8) is 0 Å². The first-order valence-electron chi connectivity index (χ1n) is 4.98. The highest BCUT2D eigenvalue weighted by molar-refractivity contribution is 5.84. The van der Waals surface area contributed by atoms with Crippen molar-refractivity contribution in [3.8, 4) is 0 Å². The van der Waals surface area contributed by atoms with E-state index in [1.54, 1.807) is 19.1 Å². The van der Waals surface area contributed by atoms with E-state index < -0.39 is 6.09 Å². The molecule has 16 heavy (non-hydrogen) atoms. The first-order chi connectivity index (χ1) is 7.76. The molecule has 0 aliphatic heterocycles. The van der Waals surface area contributed by atoms with Gasteiger partial charge in [0.2, 0.25) is 0 Å². The van der Waals surface area contributed by atoms with Gasteiger partial charge in [0.25, 0.3) is 0 Å². The Hall–Kier alpha value is -2.04. The van der Waals surface area contributed by atoms with E-state index in [4.69, 9.17) is 4.74 Å². The highest BCUT2D eigenvalue weighted by Crippen LogP contribution is 2.06. The van der Waals surface area contributed by atoms with E-state index in [2.05, 4.69) is 15.0 Å². The zero-order valence-electron chi connectivity index (χ0n) is 9.27. The van der Waals surface area contributed by atoms with Crippen LogP contribution in [0, 0.1) is 0 Å². The summed E-state index contributed by atoms with van der Waals surface area (Å²) in [6.07, 6.45) is 6.99. The lowest BCUT2D eigenvalue weighted by atomic mass is 10.3. The van der Waals surface area contributed by atoms with Crippen molar-refractivity contribution in [3.05, 3.63) is 36.3 Å². The fourth-order valence-electron chi connectivity index (χ4n) is 0.937. The van der Waals surface area contributed by atoms with Crippen LogP contribution in [-0.2, 0) is 4.74 Å². The number of aromatic nitrogens is 1. The molecule has 1 heterocycles. The maximum Gasteiger partial charge on any atom is 0.418 e. The third kappa shape index (κ3) is 4.00. The summed E-state index contributed by atoms with van der Waals surface area (Å²) in [4.78, 5) is 11.4. The van der Waals surface area contributed by atoms with Crippen LogP contribution in [0.4, 0.5) is 10.6 Å². The van der Waals surface area contributed by atoms with Gasteiger partial charge in [0.15, 0.2) is 5.82 Å². The summed E-state index contributed by atoms with van der Waals surface area (Å²) in [5.74, 6) is 0.808. The van der Waals surface area contributed by atoms with E-state index in [9.17, 15) is 4.79 Å². The molecule has 1 N–H and O–H groups in total. The van der Waals surface area contributed by atoms with E-state index in [1.165, 1.54) is 12.3 Å². The monoisotopic (exact) mass is 222 g/mol. The molecule has 0 saturated carbocycles. The summed E-state index contributed by atoms with van der Waals surface area (Å²) in [7, 11) is 0. The van der Waals surface area contributed by atoms with Gasteiger partial charge in [0, 0.05) is 6.07 Å². The van der Waals surface area contributed by atoms with Crippen molar-refractivity contribution in [2.24, 2.45) is 0 Å². The molecule has 1 rings (SSSR count). The number of anilines is 1. The molecule has 0 aliphatic carbocycles. The van der Waals surface area contributed by atoms with Crippen LogP contribution in [0.5, 0.6) is 0 Å². The van der Waals surface area contributed by atoms with Crippen molar-refractivity contribution in [1.82, 2.24) is 5.16 Å². The summed E-state index contributed by atoms with van der Waals surface area (Å²) in [6, 6.07) is 1.53. The van der Waals surface area contributed by atoms with Gasteiger partial charge in [-0.1, -0.05) is 18.2 Å². The van der Waals surface area contributed by atoms with Gasteiger partial charge in [0.1, 0.15) is 12.0 Å². The maximum absolute atomic E-state index is 11.4. The van der Waals surface area contributed by atoms with Gasteiger partial charge in [-0.05, 0) is 25.5 Å². The number of amides is 1. The summed E-state index contributed by atoms with van der Waals surface area (Å²) in [6.45, 7) is 3.79. The number of allylic oxidation sites excluding steroid dienone is 3. The van der Waals surface area contributed by atoms with E-state index >= 15 is 0 Å². The third-order valence-corrected chi connectivity index (χ3v) is 1.68. The standard InChI is InChI=1S/C11H14N2O3/c1-3-5-6-9(4-2)16-11(14)12-10-7-8-15-13-10/h4-8H,3H2,1-2H3,(H,12,13,14)/b6-5-,9-4+. The number of nitrogens with zero attached hydrogens (tertiary/aromatic N) is 1. The Bertz CT molecular complexity index is 380. The fourth-order valence-corrected chi connectivity index (χ4v) is 0.937. The van der Waals surface area contributed by atoms with Gasteiger partial charge in [0.05, 0.1) is 0 Å². The molecule has 0 fully saturated rings. The zero-order valence-corrected chi connectivity index (χ0v) is 9.27. The molecule has 0 unspecified atom stereocenters. The van der Waals surface area contributed by atoms with Gasteiger partial charge in [-0.25, -0.2) is 4.79 Å². The van der Waals surface area contributed by atoms with Gasteiger partial charge >= 0.3 is 6.09 Å². The zero-order chi connectivity index (χ0) is 11.8. The lowest BCUT2D eigenvalue weighted by molar-refractivity contribution is 0.194.